The Kier molecular flexibility index (Phi) is 6.42. The van der Waals surface area contributed by atoms with E-state index in [0.29, 0.717) is 12.8 Å². The van der Waals surface area contributed by atoms with Gasteiger partial charge in [0.15, 0.2) is 0 Å². The summed E-state index contributed by atoms with van der Waals surface area (Å²) in [6, 6.07) is 6.58. The van der Waals surface area contributed by atoms with Gasteiger partial charge in [-0.2, -0.15) is 0 Å². The van der Waals surface area contributed by atoms with E-state index >= 15 is 0 Å². The molecule has 0 aliphatic heterocycles. The average molecular weight is 292 g/mol. The Morgan fingerprint density at radius 2 is 1.71 bits per heavy atom. The molecule has 0 bridgehead atoms. The summed E-state index contributed by atoms with van der Waals surface area (Å²) in [6.07, 6.45) is 0.915. The predicted octanol–water partition coefficient (Wildman–Crippen LogP) is 4.31. The third kappa shape index (κ3) is 5.12. The summed E-state index contributed by atoms with van der Waals surface area (Å²) in [4.78, 5) is 0. The molecule has 0 radical (unpaired) electrons. The largest absolute Gasteiger partial charge is 0.390 e. The van der Waals surface area contributed by atoms with Crippen molar-refractivity contribution in [3.63, 3.8) is 0 Å². The quantitative estimate of drug-likeness (QED) is 0.820. The van der Waals surface area contributed by atoms with E-state index in [9.17, 15) is 10.2 Å². The highest BCUT2D eigenvalue weighted by molar-refractivity contribution is 5.37. The number of hydrogen-bond acceptors (Lipinski definition) is 2. The summed E-state index contributed by atoms with van der Waals surface area (Å²) in [5.74, 6) is 0.244. The Morgan fingerprint density at radius 3 is 2.24 bits per heavy atom. The molecule has 1 aromatic rings. The van der Waals surface area contributed by atoms with Crippen molar-refractivity contribution in [2.75, 3.05) is 0 Å². The van der Waals surface area contributed by atoms with E-state index < -0.39 is 12.2 Å². The maximum absolute atomic E-state index is 10.1. The molecule has 0 spiro atoms. The van der Waals surface area contributed by atoms with E-state index in [1.165, 1.54) is 16.7 Å². The van der Waals surface area contributed by atoms with E-state index in [2.05, 4.69) is 52.8 Å². The molecular formula is C19H32O2. The summed E-state index contributed by atoms with van der Waals surface area (Å²) in [6.45, 7) is 13.0. The van der Waals surface area contributed by atoms with Crippen LogP contribution in [0.3, 0.4) is 0 Å². The zero-order valence-electron chi connectivity index (χ0n) is 14.5. The summed E-state index contributed by atoms with van der Waals surface area (Å²) in [5.41, 5.74) is 4.04. The lowest BCUT2D eigenvalue weighted by atomic mass is 9.81. The molecule has 1 aromatic carbocycles. The standard InChI is InChI=1S/C19H32O2/c1-7-8-17(20)18(21)11-14(3)15-10-9-13(2)16(12-15)19(4,5)6/h9-10,12,14,17-18,20-21H,7-8,11H2,1-6H3. The topological polar surface area (TPSA) is 40.5 Å². The molecule has 0 heterocycles. The minimum Gasteiger partial charge on any atom is -0.390 e. The fourth-order valence-corrected chi connectivity index (χ4v) is 2.90. The summed E-state index contributed by atoms with van der Waals surface area (Å²) >= 11 is 0. The number of hydrogen-bond donors (Lipinski definition) is 2. The number of benzene rings is 1. The molecule has 3 unspecified atom stereocenters. The molecule has 1 rings (SSSR count). The number of aliphatic hydroxyl groups excluding tert-OH is 2. The molecule has 0 aromatic heterocycles. The van der Waals surface area contributed by atoms with Gasteiger partial charge in [-0.3, -0.25) is 0 Å². The SMILES string of the molecule is CCCC(O)C(O)CC(C)c1ccc(C)c(C(C)(C)C)c1. The third-order valence-corrected chi connectivity index (χ3v) is 4.26. The lowest BCUT2D eigenvalue weighted by Crippen LogP contribution is -2.27. The highest BCUT2D eigenvalue weighted by Gasteiger charge is 2.21. The number of aliphatic hydroxyl groups is 2. The van der Waals surface area contributed by atoms with Gasteiger partial charge in [0.1, 0.15) is 0 Å². The smallest absolute Gasteiger partial charge is 0.0804 e. The maximum atomic E-state index is 10.1. The van der Waals surface area contributed by atoms with Crippen molar-refractivity contribution >= 4 is 0 Å². The van der Waals surface area contributed by atoms with Crippen molar-refractivity contribution in [2.45, 2.75) is 84.3 Å². The van der Waals surface area contributed by atoms with Crippen LogP contribution >= 0.6 is 0 Å². The van der Waals surface area contributed by atoms with Gasteiger partial charge >= 0.3 is 0 Å². The Bertz CT molecular complexity index is 445. The molecule has 2 nitrogen and oxygen atoms in total. The minimum atomic E-state index is -0.640. The molecule has 0 saturated carbocycles. The Labute approximate surface area is 130 Å². The second-order valence-corrected chi connectivity index (χ2v) is 7.38. The van der Waals surface area contributed by atoms with Gasteiger partial charge in [0, 0.05) is 0 Å². The van der Waals surface area contributed by atoms with Crippen LogP contribution in [0.5, 0.6) is 0 Å². The fourth-order valence-electron chi connectivity index (χ4n) is 2.90. The van der Waals surface area contributed by atoms with Gasteiger partial charge < -0.3 is 10.2 Å². The number of aryl methyl sites for hydroxylation is 1. The van der Waals surface area contributed by atoms with Gasteiger partial charge in [0.2, 0.25) is 0 Å². The fraction of sp³-hybridized carbons (Fsp3) is 0.684. The van der Waals surface area contributed by atoms with Gasteiger partial charge in [-0.05, 0) is 47.8 Å². The highest BCUT2D eigenvalue weighted by atomic mass is 16.3. The molecule has 120 valence electrons. The van der Waals surface area contributed by atoms with Crippen LogP contribution < -0.4 is 0 Å². The molecule has 0 saturated heterocycles. The predicted molar refractivity (Wildman–Crippen MR) is 89.8 cm³/mol. The van der Waals surface area contributed by atoms with E-state index in [1.54, 1.807) is 0 Å². The molecular weight excluding hydrogens is 260 g/mol. The van der Waals surface area contributed by atoms with Crippen LogP contribution in [-0.4, -0.2) is 22.4 Å². The first-order chi connectivity index (χ1) is 9.66. The zero-order valence-corrected chi connectivity index (χ0v) is 14.5. The van der Waals surface area contributed by atoms with Gasteiger partial charge in [-0.25, -0.2) is 0 Å². The highest BCUT2D eigenvalue weighted by Crippen LogP contribution is 2.30. The van der Waals surface area contributed by atoms with Crippen molar-refractivity contribution in [1.29, 1.82) is 0 Å². The summed E-state index contributed by atoms with van der Waals surface area (Å²) in [5, 5.41) is 20.0. The second kappa shape index (κ2) is 7.42. The summed E-state index contributed by atoms with van der Waals surface area (Å²) < 4.78 is 0. The minimum absolute atomic E-state index is 0.125. The first-order valence-electron chi connectivity index (χ1n) is 8.14. The third-order valence-electron chi connectivity index (χ3n) is 4.26. The second-order valence-electron chi connectivity index (χ2n) is 7.38. The monoisotopic (exact) mass is 292 g/mol. The normalized spacial score (nSPS) is 16.6. The molecule has 21 heavy (non-hydrogen) atoms. The molecule has 2 heteroatoms. The van der Waals surface area contributed by atoms with Crippen molar-refractivity contribution in [3.05, 3.63) is 34.9 Å². The molecule has 3 atom stereocenters. The van der Waals surface area contributed by atoms with Crippen LogP contribution in [0.15, 0.2) is 18.2 Å². The Morgan fingerprint density at radius 1 is 1.10 bits per heavy atom. The van der Waals surface area contributed by atoms with Gasteiger partial charge in [0.05, 0.1) is 12.2 Å². The first-order valence-corrected chi connectivity index (χ1v) is 8.14. The molecule has 0 aliphatic carbocycles. The lowest BCUT2D eigenvalue weighted by Gasteiger charge is -2.25. The van der Waals surface area contributed by atoms with Crippen LogP contribution in [0.2, 0.25) is 0 Å². The van der Waals surface area contributed by atoms with Crippen LogP contribution in [0.25, 0.3) is 0 Å². The van der Waals surface area contributed by atoms with Gasteiger partial charge in [0.25, 0.3) is 0 Å². The molecule has 2 N–H and O–H groups in total. The Hall–Kier alpha value is -0.860. The van der Waals surface area contributed by atoms with Gasteiger partial charge in [-0.15, -0.1) is 0 Å². The van der Waals surface area contributed by atoms with Crippen molar-refractivity contribution in [1.82, 2.24) is 0 Å². The van der Waals surface area contributed by atoms with E-state index in [-0.39, 0.29) is 11.3 Å². The first kappa shape index (κ1) is 18.2. The Balaban J connectivity index is 2.86. The molecule has 0 aliphatic rings. The average Bonchev–Trinajstić information content (AvgIpc) is 2.37. The van der Waals surface area contributed by atoms with E-state index in [0.717, 1.165) is 6.42 Å². The molecule has 0 amide bonds. The van der Waals surface area contributed by atoms with Crippen molar-refractivity contribution in [3.8, 4) is 0 Å². The number of rotatable bonds is 6. The van der Waals surface area contributed by atoms with Crippen LogP contribution in [0, 0.1) is 6.92 Å². The lowest BCUT2D eigenvalue weighted by molar-refractivity contribution is 0.00637. The van der Waals surface area contributed by atoms with Crippen LogP contribution in [0.4, 0.5) is 0 Å². The maximum Gasteiger partial charge on any atom is 0.0804 e. The van der Waals surface area contributed by atoms with E-state index in [1.807, 2.05) is 6.92 Å². The van der Waals surface area contributed by atoms with Crippen molar-refractivity contribution < 1.29 is 10.2 Å². The van der Waals surface area contributed by atoms with Gasteiger partial charge in [-0.1, -0.05) is 59.2 Å². The zero-order chi connectivity index (χ0) is 16.2. The summed E-state index contributed by atoms with van der Waals surface area (Å²) in [7, 11) is 0. The van der Waals surface area contributed by atoms with Crippen LogP contribution in [0.1, 0.15) is 76.5 Å². The van der Waals surface area contributed by atoms with Crippen LogP contribution in [-0.2, 0) is 5.41 Å². The van der Waals surface area contributed by atoms with E-state index in [4.69, 9.17) is 0 Å². The van der Waals surface area contributed by atoms with Crippen molar-refractivity contribution in [2.24, 2.45) is 0 Å². The molecule has 0 fully saturated rings.